The van der Waals surface area contributed by atoms with Crippen molar-refractivity contribution < 1.29 is 13.5 Å². The van der Waals surface area contributed by atoms with Crippen molar-refractivity contribution in [3.05, 3.63) is 29.8 Å². The van der Waals surface area contributed by atoms with Gasteiger partial charge in [-0.15, -0.1) is 0 Å². The molecule has 1 N–H and O–H groups in total. The van der Waals surface area contributed by atoms with Gasteiger partial charge in [-0.2, -0.15) is 4.31 Å². The lowest BCUT2D eigenvalue weighted by Crippen LogP contribution is -2.36. The zero-order valence-corrected chi connectivity index (χ0v) is 12.1. The van der Waals surface area contributed by atoms with Gasteiger partial charge in [0.05, 0.1) is 11.0 Å². The summed E-state index contributed by atoms with van der Waals surface area (Å²) in [6.07, 6.45) is -0.672. The Morgan fingerprint density at radius 3 is 2.33 bits per heavy atom. The van der Waals surface area contributed by atoms with Gasteiger partial charge in [-0.3, -0.25) is 0 Å². The molecule has 0 aromatic heterocycles. The average Bonchev–Trinajstić information content (AvgIpc) is 2.29. The molecule has 0 bridgehead atoms. The molecule has 0 fully saturated rings. The van der Waals surface area contributed by atoms with E-state index in [1.54, 1.807) is 25.1 Å². The second-order valence-electron chi connectivity index (χ2n) is 4.55. The van der Waals surface area contributed by atoms with Crippen LogP contribution in [-0.2, 0) is 10.0 Å². The smallest absolute Gasteiger partial charge is 0.243 e. The summed E-state index contributed by atoms with van der Waals surface area (Å²) in [5.41, 5.74) is 0.607. The Labute approximate surface area is 109 Å². The molecule has 0 spiro atoms. The number of hydrogen-bond donors (Lipinski definition) is 1. The number of aliphatic hydroxyl groups excluding tert-OH is 1. The van der Waals surface area contributed by atoms with Crippen molar-refractivity contribution in [3.63, 3.8) is 0 Å². The number of benzene rings is 1. The Hall–Kier alpha value is -0.910. The summed E-state index contributed by atoms with van der Waals surface area (Å²) in [7, 11) is -3.48. The largest absolute Gasteiger partial charge is 0.389 e. The van der Waals surface area contributed by atoms with E-state index in [0.717, 1.165) is 0 Å². The molecule has 0 saturated carbocycles. The normalized spacial score (nSPS) is 14.2. The zero-order chi connectivity index (χ0) is 13.9. The molecule has 0 saturated heterocycles. The Balaban J connectivity index is 3.24. The first kappa shape index (κ1) is 15.1. The molecule has 5 heteroatoms. The Morgan fingerprint density at radius 2 is 1.89 bits per heavy atom. The Bertz CT molecular complexity index is 495. The Kier molecular flexibility index (Phi) is 4.90. The molecule has 4 nitrogen and oxygen atoms in total. The SMILES string of the molecule is CCN(C(C)C)S(=O)(=O)c1cccc(C(C)O)c1. The van der Waals surface area contributed by atoms with E-state index in [2.05, 4.69) is 0 Å². The molecule has 0 aliphatic rings. The standard InChI is InChI=1S/C13H21NO3S/c1-5-14(10(2)3)18(16,17)13-8-6-7-12(9-13)11(4)15/h6-11,15H,5H2,1-4H3. The van der Waals surface area contributed by atoms with E-state index in [1.165, 1.54) is 10.4 Å². The quantitative estimate of drug-likeness (QED) is 0.893. The van der Waals surface area contributed by atoms with Crippen molar-refractivity contribution >= 4 is 10.0 Å². The van der Waals surface area contributed by atoms with Crippen LogP contribution in [-0.4, -0.2) is 30.4 Å². The van der Waals surface area contributed by atoms with E-state index in [9.17, 15) is 13.5 Å². The molecular formula is C13H21NO3S. The highest BCUT2D eigenvalue weighted by Gasteiger charge is 2.25. The lowest BCUT2D eigenvalue weighted by Gasteiger charge is -2.24. The molecule has 0 amide bonds. The van der Waals surface area contributed by atoms with Crippen LogP contribution in [0, 0.1) is 0 Å². The molecule has 1 aromatic rings. The first-order valence-corrected chi connectivity index (χ1v) is 7.54. The van der Waals surface area contributed by atoms with Crippen LogP contribution in [0.15, 0.2) is 29.2 Å². The lowest BCUT2D eigenvalue weighted by atomic mass is 10.1. The molecule has 1 rings (SSSR count). The molecule has 0 heterocycles. The maximum atomic E-state index is 12.4. The summed E-state index contributed by atoms with van der Waals surface area (Å²) in [5, 5.41) is 9.51. The van der Waals surface area contributed by atoms with Gasteiger partial charge in [0.1, 0.15) is 0 Å². The highest BCUT2D eigenvalue weighted by molar-refractivity contribution is 7.89. The third-order valence-electron chi connectivity index (χ3n) is 2.83. The number of nitrogens with zero attached hydrogens (tertiary/aromatic N) is 1. The highest BCUT2D eigenvalue weighted by Crippen LogP contribution is 2.21. The van der Waals surface area contributed by atoms with E-state index < -0.39 is 16.1 Å². The van der Waals surface area contributed by atoms with Gasteiger partial charge in [-0.05, 0) is 38.5 Å². The van der Waals surface area contributed by atoms with Crippen LogP contribution in [0.5, 0.6) is 0 Å². The van der Waals surface area contributed by atoms with Gasteiger partial charge >= 0.3 is 0 Å². The van der Waals surface area contributed by atoms with Gasteiger partial charge in [-0.1, -0.05) is 19.1 Å². The number of hydrogen-bond acceptors (Lipinski definition) is 3. The van der Waals surface area contributed by atoms with Crippen molar-refractivity contribution in [2.45, 2.75) is 44.7 Å². The summed E-state index contributed by atoms with van der Waals surface area (Å²) in [6.45, 7) is 7.56. The van der Waals surface area contributed by atoms with Gasteiger partial charge in [0.15, 0.2) is 0 Å². The Morgan fingerprint density at radius 1 is 1.28 bits per heavy atom. The second kappa shape index (κ2) is 5.82. The third-order valence-corrected chi connectivity index (χ3v) is 4.98. The minimum atomic E-state index is -3.48. The third kappa shape index (κ3) is 3.10. The maximum absolute atomic E-state index is 12.4. The number of aliphatic hydroxyl groups is 1. The van der Waals surface area contributed by atoms with E-state index in [1.807, 2.05) is 20.8 Å². The van der Waals surface area contributed by atoms with E-state index in [4.69, 9.17) is 0 Å². The predicted molar refractivity (Wildman–Crippen MR) is 71.8 cm³/mol. The summed E-state index contributed by atoms with van der Waals surface area (Å²) < 4.78 is 26.3. The van der Waals surface area contributed by atoms with Crippen LogP contribution >= 0.6 is 0 Å². The molecule has 102 valence electrons. The monoisotopic (exact) mass is 271 g/mol. The van der Waals surface area contributed by atoms with Crippen molar-refractivity contribution in [3.8, 4) is 0 Å². The molecule has 0 aliphatic heterocycles. The summed E-state index contributed by atoms with van der Waals surface area (Å²) >= 11 is 0. The van der Waals surface area contributed by atoms with Crippen LogP contribution in [0.25, 0.3) is 0 Å². The van der Waals surface area contributed by atoms with E-state index in [0.29, 0.717) is 12.1 Å². The van der Waals surface area contributed by atoms with E-state index in [-0.39, 0.29) is 10.9 Å². The van der Waals surface area contributed by atoms with Crippen molar-refractivity contribution in [2.75, 3.05) is 6.54 Å². The van der Waals surface area contributed by atoms with Gasteiger partial charge in [0, 0.05) is 12.6 Å². The summed E-state index contributed by atoms with van der Waals surface area (Å²) in [6, 6.07) is 6.38. The number of sulfonamides is 1. The van der Waals surface area contributed by atoms with Gasteiger partial charge in [0.25, 0.3) is 0 Å². The maximum Gasteiger partial charge on any atom is 0.243 e. The van der Waals surface area contributed by atoms with E-state index >= 15 is 0 Å². The first-order chi connectivity index (χ1) is 8.30. The average molecular weight is 271 g/mol. The van der Waals surface area contributed by atoms with Crippen LogP contribution < -0.4 is 0 Å². The molecule has 18 heavy (non-hydrogen) atoms. The van der Waals surface area contributed by atoms with Gasteiger partial charge in [-0.25, -0.2) is 8.42 Å². The minimum absolute atomic E-state index is 0.0878. The van der Waals surface area contributed by atoms with Crippen LogP contribution in [0.4, 0.5) is 0 Å². The predicted octanol–water partition coefficient (Wildman–Crippen LogP) is 2.16. The summed E-state index contributed by atoms with van der Waals surface area (Å²) in [5.74, 6) is 0. The van der Waals surface area contributed by atoms with Crippen LogP contribution in [0.3, 0.4) is 0 Å². The fourth-order valence-corrected chi connectivity index (χ4v) is 3.58. The molecule has 0 aliphatic carbocycles. The lowest BCUT2D eigenvalue weighted by molar-refractivity contribution is 0.199. The fourth-order valence-electron chi connectivity index (χ4n) is 1.88. The topological polar surface area (TPSA) is 57.6 Å². The molecule has 0 radical (unpaired) electrons. The highest BCUT2D eigenvalue weighted by atomic mass is 32.2. The van der Waals surface area contributed by atoms with Crippen molar-refractivity contribution in [1.29, 1.82) is 0 Å². The van der Waals surface area contributed by atoms with Gasteiger partial charge < -0.3 is 5.11 Å². The zero-order valence-electron chi connectivity index (χ0n) is 11.3. The van der Waals surface area contributed by atoms with Crippen LogP contribution in [0.1, 0.15) is 39.4 Å². The minimum Gasteiger partial charge on any atom is -0.389 e. The first-order valence-electron chi connectivity index (χ1n) is 6.10. The molecule has 1 aromatic carbocycles. The fraction of sp³-hybridized carbons (Fsp3) is 0.538. The van der Waals surface area contributed by atoms with Crippen molar-refractivity contribution in [1.82, 2.24) is 4.31 Å². The molecule has 1 atom stereocenters. The summed E-state index contributed by atoms with van der Waals surface area (Å²) in [4.78, 5) is 0.233. The van der Waals surface area contributed by atoms with Gasteiger partial charge in [0.2, 0.25) is 10.0 Å². The second-order valence-corrected chi connectivity index (χ2v) is 6.44. The molecular weight excluding hydrogens is 250 g/mol. The van der Waals surface area contributed by atoms with Crippen molar-refractivity contribution in [2.24, 2.45) is 0 Å². The van der Waals surface area contributed by atoms with Crippen LogP contribution in [0.2, 0.25) is 0 Å². The number of rotatable bonds is 5. The molecule has 1 unspecified atom stereocenters.